The standard InChI is InChI=1S/C60H40N2/c1-3-19-43(20-4-1)61-57-33-17-15-31-53(57)55-39-41(35-37-59(55)61)45-23-7-9-25-47(45)49-27-11-13-29-51(49)52-30-14-12-28-50(52)48-26-10-8-24-46(48)42-36-38-60-56(40-42)54-32-16-18-34-58(54)62(60)44-21-5-2-6-22-44/h1-40H. The van der Waals surface area contributed by atoms with Gasteiger partial charge in [0.15, 0.2) is 0 Å². The Morgan fingerprint density at radius 2 is 0.468 bits per heavy atom. The molecule has 10 aromatic carbocycles. The van der Waals surface area contributed by atoms with Crippen molar-refractivity contribution in [1.29, 1.82) is 0 Å². The smallest absolute Gasteiger partial charge is 0.0541 e. The van der Waals surface area contributed by atoms with Gasteiger partial charge in [-0.05, 0) is 116 Å². The second-order valence-corrected chi connectivity index (χ2v) is 16.0. The maximum atomic E-state index is 2.39. The number of fused-ring (bicyclic) bond motifs is 6. The molecule has 2 heterocycles. The normalized spacial score (nSPS) is 11.5. The van der Waals surface area contributed by atoms with Crippen LogP contribution in [0.25, 0.3) is 111 Å². The summed E-state index contributed by atoms with van der Waals surface area (Å²) in [4.78, 5) is 0. The molecular formula is C60H40N2. The van der Waals surface area contributed by atoms with E-state index in [0.29, 0.717) is 0 Å². The van der Waals surface area contributed by atoms with Crippen molar-refractivity contribution in [3.63, 3.8) is 0 Å². The summed E-state index contributed by atoms with van der Waals surface area (Å²) in [5.41, 5.74) is 19.2. The van der Waals surface area contributed by atoms with Crippen molar-refractivity contribution >= 4 is 43.6 Å². The molecule has 0 atom stereocenters. The highest BCUT2D eigenvalue weighted by Crippen LogP contribution is 2.45. The van der Waals surface area contributed by atoms with E-state index in [2.05, 4.69) is 252 Å². The molecule has 0 aliphatic heterocycles. The Morgan fingerprint density at radius 3 is 0.839 bits per heavy atom. The number of hydrogen-bond acceptors (Lipinski definition) is 0. The van der Waals surface area contributed by atoms with Gasteiger partial charge in [-0.25, -0.2) is 0 Å². The summed E-state index contributed by atoms with van der Waals surface area (Å²) in [5, 5.41) is 4.99. The van der Waals surface area contributed by atoms with Gasteiger partial charge >= 0.3 is 0 Å². The Morgan fingerprint density at radius 1 is 0.194 bits per heavy atom. The third kappa shape index (κ3) is 5.80. The van der Waals surface area contributed by atoms with Crippen LogP contribution in [0.5, 0.6) is 0 Å². The number of aromatic nitrogens is 2. The lowest BCUT2D eigenvalue weighted by atomic mass is 9.85. The van der Waals surface area contributed by atoms with Gasteiger partial charge in [-0.1, -0.05) is 182 Å². The molecule has 0 bridgehead atoms. The van der Waals surface area contributed by atoms with E-state index >= 15 is 0 Å². The number of benzene rings is 10. The minimum atomic E-state index is 1.16. The fourth-order valence-electron chi connectivity index (χ4n) is 9.84. The van der Waals surface area contributed by atoms with E-state index in [1.807, 2.05) is 0 Å². The van der Waals surface area contributed by atoms with E-state index < -0.39 is 0 Å². The number of para-hydroxylation sites is 4. The highest BCUT2D eigenvalue weighted by molar-refractivity contribution is 6.12. The Balaban J connectivity index is 0.994. The lowest BCUT2D eigenvalue weighted by molar-refractivity contribution is 1.18. The molecular weight excluding hydrogens is 749 g/mol. The fraction of sp³-hybridized carbons (Fsp3) is 0. The van der Waals surface area contributed by atoms with Crippen LogP contribution in [0.3, 0.4) is 0 Å². The first-order valence-electron chi connectivity index (χ1n) is 21.4. The van der Waals surface area contributed by atoms with Crippen molar-refractivity contribution in [3.8, 4) is 67.0 Å². The van der Waals surface area contributed by atoms with Crippen molar-refractivity contribution in [1.82, 2.24) is 9.13 Å². The van der Waals surface area contributed by atoms with Crippen LogP contribution in [0.1, 0.15) is 0 Å². The first-order chi connectivity index (χ1) is 30.8. The van der Waals surface area contributed by atoms with E-state index in [0.717, 1.165) is 11.4 Å². The molecule has 0 aliphatic rings. The molecule has 2 aromatic heterocycles. The summed E-state index contributed by atoms with van der Waals surface area (Å²) in [7, 11) is 0. The Hall–Kier alpha value is -8.20. The molecule has 2 heteroatoms. The van der Waals surface area contributed by atoms with Crippen LogP contribution < -0.4 is 0 Å². The first-order valence-corrected chi connectivity index (χ1v) is 21.4. The topological polar surface area (TPSA) is 9.86 Å². The van der Waals surface area contributed by atoms with Gasteiger partial charge in [0.1, 0.15) is 0 Å². The molecule has 0 radical (unpaired) electrons. The van der Waals surface area contributed by atoms with Gasteiger partial charge < -0.3 is 9.13 Å². The first kappa shape index (κ1) is 35.7. The molecule has 0 unspecified atom stereocenters. The zero-order valence-corrected chi connectivity index (χ0v) is 34.0. The molecule has 0 spiro atoms. The molecule has 0 amide bonds. The Labute approximate surface area is 360 Å². The number of rotatable bonds is 7. The minimum absolute atomic E-state index is 1.16. The maximum absolute atomic E-state index is 2.39. The zero-order chi connectivity index (χ0) is 41.0. The second kappa shape index (κ2) is 14.8. The molecule has 0 aliphatic carbocycles. The zero-order valence-electron chi connectivity index (χ0n) is 34.0. The van der Waals surface area contributed by atoms with E-state index in [9.17, 15) is 0 Å². The summed E-state index contributed by atoms with van der Waals surface area (Å²) < 4.78 is 4.76. The average Bonchev–Trinajstić information content (AvgIpc) is 3.87. The van der Waals surface area contributed by atoms with Gasteiger partial charge in [0.25, 0.3) is 0 Å². The number of nitrogens with zero attached hydrogens (tertiary/aromatic N) is 2. The van der Waals surface area contributed by atoms with Crippen LogP contribution in [0.2, 0.25) is 0 Å². The molecule has 0 N–H and O–H groups in total. The van der Waals surface area contributed by atoms with E-state index in [4.69, 9.17) is 0 Å². The second-order valence-electron chi connectivity index (χ2n) is 16.0. The molecule has 0 saturated heterocycles. The quantitative estimate of drug-likeness (QED) is 0.152. The summed E-state index contributed by atoms with van der Waals surface area (Å²) in [6.45, 7) is 0. The minimum Gasteiger partial charge on any atom is -0.309 e. The monoisotopic (exact) mass is 788 g/mol. The summed E-state index contributed by atoms with van der Waals surface area (Å²) >= 11 is 0. The Bertz CT molecular complexity index is 3380. The van der Waals surface area contributed by atoms with Crippen LogP contribution in [0.4, 0.5) is 0 Å². The third-order valence-electron chi connectivity index (χ3n) is 12.6. The summed E-state index contributed by atoms with van der Waals surface area (Å²) in [6, 6.07) is 88.4. The van der Waals surface area contributed by atoms with Gasteiger partial charge in [0.2, 0.25) is 0 Å². The van der Waals surface area contributed by atoms with Crippen LogP contribution >= 0.6 is 0 Å². The largest absolute Gasteiger partial charge is 0.309 e. The molecule has 290 valence electrons. The fourth-order valence-corrected chi connectivity index (χ4v) is 9.84. The van der Waals surface area contributed by atoms with E-state index in [1.54, 1.807) is 0 Å². The predicted octanol–water partition coefficient (Wildman–Crippen LogP) is 16.2. The summed E-state index contributed by atoms with van der Waals surface area (Å²) in [6.07, 6.45) is 0. The number of hydrogen-bond donors (Lipinski definition) is 0. The van der Waals surface area contributed by atoms with Crippen LogP contribution in [-0.4, -0.2) is 9.13 Å². The van der Waals surface area contributed by atoms with Gasteiger partial charge in [-0.3, -0.25) is 0 Å². The Kier molecular flexibility index (Phi) is 8.53. The van der Waals surface area contributed by atoms with Crippen molar-refractivity contribution in [3.05, 3.63) is 243 Å². The lowest BCUT2D eigenvalue weighted by Crippen LogP contribution is -1.94. The average molecular weight is 789 g/mol. The predicted molar refractivity (Wildman–Crippen MR) is 262 cm³/mol. The van der Waals surface area contributed by atoms with Crippen LogP contribution in [-0.2, 0) is 0 Å². The van der Waals surface area contributed by atoms with Gasteiger partial charge in [0.05, 0.1) is 22.1 Å². The van der Waals surface area contributed by atoms with Crippen molar-refractivity contribution in [2.24, 2.45) is 0 Å². The van der Waals surface area contributed by atoms with Gasteiger partial charge in [0, 0.05) is 32.9 Å². The van der Waals surface area contributed by atoms with E-state index in [-0.39, 0.29) is 0 Å². The van der Waals surface area contributed by atoms with Crippen LogP contribution in [0, 0.1) is 0 Å². The van der Waals surface area contributed by atoms with E-state index in [1.165, 1.54) is 99.2 Å². The van der Waals surface area contributed by atoms with Crippen molar-refractivity contribution < 1.29 is 0 Å². The highest BCUT2D eigenvalue weighted by atomic mass is 15.0. The van der Waals surface area contributed by atoms with Crippen molar-refractivity contribution in [2.45, 2.75) is 0 Å². The molecule has 2 nitrogen and oxygen atoms in total. The highest BCUT2D eigenvalue weighted by Gasteiger charge is 2.20. The molecule has 0 saturated carbocycles. The molecule has 12 rings (SSSR count). The SMILES string of the molecule is c1ccc(-n2c3ccccc3c3cc(-c4ccccc4-c4ccccc4-c4ccccc4-c4ccccc4-c4ccc5c(c4)c4ccccc4n5-c4ccccc4)ccc32)cc1. The summed E-state index contributed by atoms with van der Waals surface area (Å²) in [5.74, 6) is 0. The molecule has 12 aromatic rings. The van der Waals surface area contributed by atoms with Gasteiger partial charge in [-0.15, -0.1) is 0 Å². The maximum Gasteiger partial charge on any atom is 0.0541 e. The molecule has 0 fully saturated rings. The van der Waals surface area contributed by atoms with Crippen molar-refractivity contribution in [2.75, 3.05) is 0 Å². The van der Waals surface area contributed by atoms with Crippen LogP contribution in [0.15, 0.2) is 243 Å². The molecule has 62 heavy (non-hydrogen) atoms. The van der Waals surface area contributed by atoms with Gasteiger partial charge in [-0.2, -0.15) is 0 Å². The lowest BCUT2D eigenvalue weighted by Gasteiger charge is -2.19. The third-order valence-corrected chi connectivity index (χ3v) is 12.6.